The number of hydrogen-bond donors (Lipinski definition) is 1. The maximum Gasteiger partial charge on any atom is 0.138 e. The number of aliphatic hydroxyl groups excluding tert-OH is 1. The molecule has 2 atom stereocenters. The van der Waals surface area contributed by atoms with Gasteiger partial charge in [0, 0.05) is 11.6 Å². The van der Waals surface area contributed by atoms with E-state index in [9.17, 15) is 5.11 Å². The minimum absolute atomic E-state index is 0.250. The minimum atomic E-state index is -0.608. The van der Waals surface area contributed by atoms with Crippen molar-refractivity contribution in [3.8, 4) is 5.75 Å². The minimum Gasteiger partial charge on any atom is -0.495 e. The zero-order valence-electron chi connectivity index (χ0n) is 12.8. The first-order valence-corrected chi connectivity index (χ1v) is 7.60. The van der Waals surface area contributed by atoms with Crippen molar-refractivity contribution in [2.45, 2.75) is 46.6 Å². The molecule has 0 aliphatic rings. The van der Waals surface area contributed by atoms with E-state index in [0.29, 0.717) is 33.7 Å². The molecule has 20 heavy (non-hydrogen) atoms. The van der Waals surface area contributed by atoms with Crippen LogP contribution in [0.2, 0.25) is 10.0 Å². The molecule has 0 amide bonds. The van der Waals surface area contributed by atoms with Gasteiger partial charge >= 0.3 is 0 Å². The predicted molar refractivity (Wildman–Crippen MR) is 85.8 cm³/mol. The van der Waals surface area contributed by atoms with Crippen LogP contribution in [0.5, 0.6) is 5.75 Å². The van der Waals surface area contributed by atoms with Crippen molar-refractivity contribution < 1.29 is 9.84 Å². The molecule has 0 saturated carbocycles. The molecule has 2 unspecified atom stereocenters. The summed E-state index contributed by atoms with van der Waals surface area (Å²) in [5.74, 6) is 0.928. The lowest BCUT2D eigenvalue weighted by Crippen LogP contribution is -2.14. The van der Waals surface area contributed by atoms with E-state index in [2.05, 4.69) is 27.7 Å². The van der Waals surface area contributed by atoms with Crippen LogP contribution in [-0.2, 0) is 0 Å². The van der Waals surface area contributed by atoms with E-state index in [1.54, 1.807) is 19.2 Å². The highest BCUT2D eigenvalue weighted by Crippen LogP contribution is 2.37. The van der Waals surface area contributed by atoms with Gasteiger partial charge in [0.1, 0.15) is 5.75 Å². The Hall–Kier alpha value is -0.440. The molecule has 1 N–H and O–H groups in total. The van der Waals surface area contributed by atoms with Crippen molar-refractivity contribution in [1.29, 1.82) is 0 Å². The summed E-state index contributed by atoms with van der Waals surface area (Å²) in [4.78, 5) is 0. The van der Waals surface area contributed by atoms with Crippen LogP contribution in [-0.4, -0.2) is 12.2 Å². The van der Waals surface area contributed by atoms with Crippen LogP contribution >= 0.6 is 23.2 Å². The Morgan fingerprint density at radius 2 is 1.80 bits per heavy atom. The average molecular weight is 319 g/mol. The number of benzene rings is 1. The summed E-state index contributed by atoms with van der Waals surface area (Å²) in [5.41, 5.74) is 0.916. The van der Waals surface area contributed by atoms with Gasteiger partial charge < -0.3 is 9.84 Å². The summed E-state index contributed by atoms with van der Waals surface area (Å²) in [6.45, 7) is 8.75. The molecular weight excluding hydrogens is 295 g/mol. The second kappa shape index (κ2) is 7.02. The molecule has 0 spiro atoms. The number of aliphatic hydroxyl groups is 1. The lowest BCUT2D eigenvalue weighted by Gasteiger charge is -2.25. The van der Waals surface area contributed by atoms with E-state index in [1.165, 1.54) is 0 Å². The highest BCUT2D eigenvalue weighted by Gasteiger charge is 2.21. The van der Waals surface area contributed by atoms with Crippen molar-refractivity contribution in [2.24, 2.45) is 11.3 Å². The fourth-order valence-electron chi connectivity index (χ4n) is 2.59. The molecule has 0 fully saturated rings. The fourth-order valence-corrected chi connectivity index (χ4v) is 3.12. The Balaban J connectivity index is 2.82. The van der Waals surface area contributed by atoms with Crippen LogP contribution in [0.25, 0.3) is 0 Å². The monoisotopic (exact) mass is 318 g/mol. The Labute approximate surface area is 132 Å². The van der Waals surface area contributed by atoms with Gasteiger partial charge in [0.2, 0.25) is 0 Å². The van der Waals surface area contributed by atoms with Gasteiger partial charge in [-0.25, -0.2) is 0 Å². The lowest BCUT2D eigenvalue weighted by atomic mass is 9.82. The summed E-state index contributed by atoms with van der Waals surface area (Å²) in [6, 6.07) is 3.34. The molecule has 0 bridgehead atoms. The first kappa shape index (κ1) is 17.6. The Morgan fingerprint density at radius 1 is 1.20 bits per heavy atom. The summed E-state index contributed by atoms with van der Waals surface area (Å²) < 4.78 is 5.11. The van der Waals surface area contributed by atoms with Crippen molar-refractivity contribution in [3.63, 3.8) is 0 Å². The van der Waals surface area contributed by atoms with Crippen LogP contribution in [0.3, 0.4) is 0 Å². The first-order chi connectivity index (χ1) is 9.14. The van der Waals surface area contributed by atoms with Gasteiger partial charge in [-0.05, 0) is 30.2 Å². The van der Waals surface area contributed by atoms with Gasteiger partial charge in [0.15, 0.2) is 0 Å². The number of methoxy groups -OCH3 is 1. The molecule has 1 aromatic rings. The molecule has 0 aromatic heterocycles. The van der Waals surface area contributed by atoms with Gasteiger partial charge in [-0.2, -0.15) is 0 Å². The molecule has 0 heterocycles. The van der Waals surface area contributed by atoms with Gasteiger partial charge in [-0.15, -0.1) is 0 Å². The number of rotatable bonds is 5. The van der Waals surface area contributed by atoms with Crippen molar-refractivity contribution in [1.82, 2.24) is 0 Å². The molecular formula is C16H24Cl2O2. The standard InChI is InChI=1S/C16H24Cl2O2/c1-10(9-16(2,3)4)6-14(19)11-7-13(18)15(20-5)8-12(11)17/h7-8,10,14,19H,6,9H2,1-5H3. The van der Waals surface area contributed by atoms with E-state index < -0.39 is 6.10 Å². The number of ether oxygens (including phenoxy) is 1. The third-order valence-corrected chi connectivity index (χ3v) is 3.84. The maximum absolute atomic E-state index is 10.4. The van der Waals surface area contributed by atoms with Gasteiger partial charge in [0.25, 0.3) is 0 Å². The molecule has 1 aromatic carbocycles. The van der Waals surface area contributed by atoms with Gasteiger partial charge in [0.05, 0.1) is 23.3 Å². The van der Waals surface area contributed by atoms with E-state index in [1.807, 2.05) is 0 Å². The summed E-state index contributed by atoms with van der Waals surface area (Å²) in [7, 11) is 1.54. The predicted octanol–water partition coefficient (Wildman–Crippen LogP) is 5.50. The van der Waals surface area contributed by atoms with Gasteiger partial charge in [-0.1, -0.05) is 50.9 Å². The fraction of sp³-hybridized carbons (Fsp3) is 0.625. The molecule has 1 rings (SSSR count). The third kappa shape index (κ3) is 5.16. The van der Waals surface area contributed by atoms with Crippen LogP contribution in [0, 0.1) is 11.3 Å². The molecule has 0 radical (unpaired) electrons. The van der Waals surface area contributed by atoms with Crippen molar-refractivity contribution >= 4 is 23.2 Å². The summed E-state index contributed by atoms with van der Waals surface area (Å²) in [6.07, 6.45) is 1.11. The highest BCUT2D eigenvalue weighted by molar-refractivity contribution is 6.34. The maximum atomic E-state index is 10.4. The zero-order valence-corrected chi connectivity index (χ0v) is 14.3. The summed E-state index contributed by atoms with van der Waals surface area (Å²) >= 11 is 12.3. The van der Waals surface area contributed by atoms with E-state index in [-0.39, 0.29) is 5.41 Å². The van der Waals surface area contributed by atoms with Crippen molar-refractivity contribution in [2.75, 3.05) is 7.11 Å². The Bertz CT molecular complexity index is 453. The topological polar surface area (TPSA) is 29.5 Å². The van der Waals surface area contributed by atoms with E-state index in [4.69, 9.17) is 27.9 Å². The third-order valence-electron chi connectivity index (χ3n) is 3.22. The highest BCUT2D eigenvalue weighted by atomic mass is 35.5. The molecule has 0 saturated heterocycles. The second-order valence-corrected chi connectivity index (χ2v) is 7.44. The Morgan fingerprint density at radius 3 is 2.30 bits per heavy atom. The average Bonchev–Trinajstić information content (AvgIpc) is 2.28. The van der Waals surface area contributed by atoms with Gasteiger partial charge in [-0.3, -0.25) is 0 Å². The normalized spacial score (nSPS) is 15.0. The smallest absolute Gasteiger partial charge is 0.138 e. The quantitative estimate of drug-likeness (QED) is 0.776. The molecule has 0 aliphatic heterocycles. The second-order valence-electron chi connectivity index (χ2n) is 6.63. The number of hydrogen-bond acceptors (Lipinski definition) is 2. The molecule has 2 nitrogen and oxygen atoms in total. The molecule has 0 aliphatic carbocycles. The van der Waals surface area contributed by atoms with Crippen LogP contribution in [0.4, 0.5) is 0 Å². The molecule has 4 heteroatoms. The lowest BCUT2D eigenvalue weighted by molar-refractivity contribution is 0.134. The van der Waals surface area contributed by atoms with E-state index in [0.717, 1.165) is 6.42 Å². The summed E-state index contributed by atoms with van der Waals surface area (Å²) in [5, 5.41) is 11.3. The SMILES string of the molecule is COc1cc(Cl)c(C(O)CC(C)CC(C)(C)C)cc1Cl. The van der Waals surface area contributed by atoms with Crippen LogP contribution in [0.1, 0.15) is 52.2 Å². The Kier molecular flexibility index (Phi) is 6.18. The largest absolute Gasteiger partial charge is 0.495 e. The van der Waals surface area contributed by atoms with Crippen LogP contribution < -0.4 is 4.74 Å². The van der Waals surface area contributed by atoms with Crippen LogP contribution in [0.15, 0.2) is 12.1 Å². The molecule has 114 valence electrons. The first-order valence-electron chi connectivity index (χ1n) is 6.85. The number of halogens is 2. The van der Waals surface area contributed by atoms with E-state index >= 15 is 0 Å². The van der Waals surface area contributed by atoms with Crippen molar-refractivity contribution in [3.05, 3.63) is 27.7 Å². The zero-order chi connectivity index (χ0) is 15.5.